The molecule has 0 amide bonds. The summed E-state index contributed by atoms with van der Waals surface area (Å²) in [4.78, 5) is 0. The molecule has 0 atom stereocenters. The molecule has 0 aliphatic heterocycles. The summed E-state index contributed by atoms with van der Waals surface area (Å²) in [5.41, 5.74) is 5.75. The van der Waals surface area contributed by atoms with Crippen LogP contribution in [0.4, 0.5) is 0 Å². The molecular formula is C46H72Cl2HfP2. The Morgan fingerprint density at radius 2 is 0.686 bits per heavy atom. The van der Waals surface area contributed by atoms with E-state index in [-0.39, 0.29) is 66.5 Å². The Labute approximate surface area is 349 Å². The molecule has 0 heterocycles. The molecule has 0 N–H and O–H groups in total. The molecular weight excluding hydrogens is 864 g/mol. The Balaban J connectivity index is 0.000000926. The smallest absolute Gasteiger partial charge is 1.00 e. The number of benzene rings is 2. The van der Waals surface area contributed by atoms with Crippen molar-refractivity contribution in [3.8, 4) is 0 Å². The van der Waals surface area contributed by atoms with E-state index in [9.17, 15) is 0 Å². The average Bonchev–Trinajstić information content (AvgIpc) is 3.75. The minimum Gasteiger partial charge on any atom is -1.00 e. The number of halogens is 2. The number of hydrogen-bond acceptors (Lipinski definition) is 0. The molecule has 4 aromatic rings. The SMILES string of the molecule is CCCCCCP(CCCCCC)c1cc2c(C)ccc(C)c2[cH-]1.CCCCCCP(CCCCCC)c1cc2c(C)ccc(C)c2[cH-]1.[Cl-].[Cl-].[Hf+4]. The Bertz CT molecular complexity index is 1240. The van der Waals surface area contributed by atoms with Gasteiger partial charge < -0.3 is 24.8 Å². The number of rotatable bonds is 22. The van der Waals surface area contributed by atoms with Crippen molar-refractivity contribution in [1.82, 2.24) is 0 Å². The second-order valence-electron chi connectivity index (χ2n) is 14.7. The summed E-state index contributed by atoms with van der Waals surface area (Å²) in [6.45, 7) is 18.3. The van der Waals surface area contributed by atoms with Gasteiger partial charge in [0.25, 0.3) is 0 Å². The standard InChI is InChI=1S/2C23H36P.2ClH.Hf/c2*1-5-7-9-11-15-24(16-12-10-8-6-2)21-17-22-19(3)13-14-20(4)23(22)18-21;;;/h2*13-14,17-18H,5-12,15-16H2,1-4H3;2*1H;/q2*-1;;;+4/p-2. The minimum absolute atomic E-state index is 0. The van der Waals surface area contributed by atoms with E-state index in [1.165, 1.54) is 171 Å². The van der Waals surface area contributed by atoms with Crippen molar-refractivity contribution >= 4 is 48.0 Å². The molecule has 0 aromatic heterocycles. The zero-order valence-corrected chi connectivity index (χ0v) is 40.8. The van der Waals surface area contributed by atoms with Crippen LogP contribution in [-0.2, 0) is 25.8 Å². The van der Waals surface area contributed by atoms with Crippen molar-refractivity contribution in [2.75, 3.05) is 24.6 Å². The van der Waals surface area contributed by atoms with Gasteiger partial charge in [-0.1, -0.05) is 158 Å². The number of hydrogen-bond donors (Lipinski definition) is 0. The molecule has 0 saturated carbocycles. The van der Waals surface area contributed by atoms with Crippen molar-refractivity contribution < 1.29 is 50.7 Å². The van der Waals surface area contributed by atoms with Crippen molar-refractivity contribution in [3.05, 3.63) is 70.8 Å². The van der Waals surface area contributed by atoms with Crippen LogP contribution in [0.1, 0.15) is 153 Å². The first-order chi connectivity index (χ1) is 23.3. The molecule has 0 fully saturated rings. The predicted octanol–water partition coefficient (Wildman–Crippen LogP) is 8.89. The maximum atomic E-state index is 2.53. The minimum atomic E-state index is 0. The van der Waals surface area contributed by atoms with E-state index in [1.54, 1.807) is 10.6 Å². The largest absolute Gasteiger partial charge is 4.00 e. The normalized spacial score (nSPS) is 11.0. The van der Waals surface area contributed by atoms with Crippen molar-refractivity contribution in [2.45, 2.75) is 158 Å². The van der Waals surface area contributed by atoms with Gasteiger partial charge in [-0.15, -0.1) is 67.5 Å². The van der Waals surface area contributed by atoms with Crippen LogP contribution in [0.2, 0.25) is 0 Å². The quantitative estimate of drug-likeness (QED) is 0.0320. The van der Waals surface area contributed by atoms with Crippen LogP contribution in [0.3, 0.4) is 0 Å². The molecule has 0 saturated heterocycles. The fraction of sp³-hybridized carbons (Fsp3) is 0.609. The van der Waals surface area contributed by atoms with Gasteiger partial charge in [-0.05, 0) is 64.2 Å². The van der Waals surface area contributed by atoms with E-state index in [1.807, 2.05) is 0 Å². The van der Waals surface area contributed by atoms with Gasteiger partial charge in [0.05, 0.1) is 0 Å². The van der Waals surface area contributed by atoms with E-state index in [0.29, 0.717) is 0 Å². The van der Waals surface area contributed by atoms with Crippen molar-refractivity contribution in [3.63, 3.8) is 0 Å². The monoisotopic (exact) mass is 936 g/mol. The molecule has 0 nitrogen and oxygen atoms in total. The first-order valence-electron chi connectivity index (χ1n) is 20.2. The van der Waals surface area contributed by atoms with E-state index in [4.69, 9.17) is 0 Å². The molecule has 0 spiro atoms. The third kappa shape index (κ3) is 17.1. The molecule has 0 unspecified atom stereocenters. The number of fused-ring (bicyclic) bond motifs is 2. The van der Waals surface area contributed by atoms with Gasteiger partial charge >= 0.3 is 25.8 Å². The average molecular weight is 936 g/mol. The summed E-state index contributed by atoms with van der Waals surface area (Å²) in [7, 11) is 0.0788. The third-order valence-electron chi connectivity index (χ3n) is 10.5. The van der Waals surface area contributed by atoms with E-state index in [0.717, 1.165) is 0 Å². The summed E-state index contributed by atoms with van der Waals surface area (Å²) >= 11 is 0. The van der Waals surface area contributed by atoms with Crippen LogP contribution >= 0.6 is 15.8 Å². The predicted molar refractivity (Wildman–Crippen MR) is 227 cm³/mol. The molecule has 0 aliphatic carbocycles. The van der Waals surface area contributed by atoms with Gasteiger partial charge in [0.15, 0.2) is 0 Å². The van der Waals surface area contributed by atoms with Crippen LogP contribution in [0, 0.1) is 27.7 Å². The maximum absolute atomic E-state index is 2.53. The topological polar surface area (TPSA) is 0 Å². The van der Waals surface area contributed by atoms with Crippen LogP contribution in [0.5, 0.6) is 0 Å². The van der Waals surface area contributed by atoms with Crippen LogP contribution < -0.4 is 35.4 Å². The molecule has 284 valence electrons. The Morgan fingerprint density at radius 1 is 0.412 bits per heavy atom. The van der Waals surface area contributed by atoms with E-state index < -0.39 is 0 Å². The first-order valence-corrected chi connectivity index (χ1v) is 23.6. The fourth-order valence-electron chi connectivity index (χ4n) is 7.17. The molecule has 51 heavy (non-hydrogen) atoms. The van der Waals surface area contributed by atoms with Gasteiger partial charge in [-0.3, -0.25) is 0 Å². The molecule has 0 bridgehead atoms. The fourth-order valence-corrected chi connectivity index (χ4v) is 12.3. The summed E-state index contributed by atoms with van der Waals surface area (Å²) in [6.07, 6.45) is 28.1. The second-order valence-corrected chi connectivity index (χ2v) is 19.7. The zero-order chi connectivity index (χ0) is 34.7. The van der Waals surface area contributed by atoms with Gasteiger partial charge in [0.1, 0.15) is 0 Å². The summed E-state index contributed by atoms with van der Waals surface area (Å²) in [5, 5.41) is 9.34. The summed E-state index contributed by atoms with van der Waals surface area (Å²) in [5.74, 6) is 0. The van der Waals surface area contributed by atoms with Gasteiger partial charge in [-0.25, -0.2) is 0 Å². The van der Waals surface area contributed by atoms with Gasteiger partial charge in [-0.2, -0.15) is 12.1 Å². The first kappa shape index (κ1) is 51.0. The molecule has 0 radical (unpaired) electrons. The molecule has 4 aromatic carbocycles. The Kier molecular flexibility index (Phi) is 29.3. The number of unbranched alkanes of at least 4 members (excludes halogenated alkanes) is 12. The third-order valence-corrected chi connectivity index (χ3v) is 15.9. The zero-order valence-electron chi connectivity index (χ0n) is 33.9. The van der Waals surface area contributed by atoms with Crippen molar-refractivity contribution in [1.29, 1.82) is 0 Å². The van der Waals surface area contributed by atoms with Gasteiger partial charge in [0, 0.05) is 0 Å². The van der Waals surface area contributed by atoms with Crippen LogP contribution in [0.15, 0.2) is 48.5 Å². The van der Waals surface area contributed by atoms with Crippen LogP contribution in [0.25, 0.3) is 21.5 Å². The molecule has 5 heteroatoms. The second kappa shape index (κ2) is 29.3. The Hall–Kier alpha value is -0.0299. The van der Waals surface area contributed by atoms with Gasteiger partial charge in [0.2, 0.25) is 0 Å². The maximum Gasteiger partial charge on any atom is 4.00 e. The summed E-state index contributed by atoms with van der Waals surface area (Å²) in [6, 6.07) is 19.3. The summed E-state index contributed by atoms with van der Waals surface area (Å²) < 4.78 is 0. The van der Waals surface area contributed by atoms with E-state index >= 15 is 0 Å². The van der Waals surface area contributed by atoms with Crippen molar-refractivity contribution in [2.24, 2.45) is 0 Å². The number of aryl methyl sites for hydroxylation is 4. The Morgan fingerprint density at radius 3 is 0.941 bits per heavy atom. The van der Waals surface area contributed by atoms with E-state index in [2.05, 4.69) is 104 Å². The molecule has 4 rings (SSSR count). The molecule has 0 aliphatic rings. The van der Waals surface area contributed by atoms with Crippen LogP contribution in [-0.4, -0.2) is 24.6 Å².